The number of rotatable bonds is 4. The molecule has 2 aromatic rings. The van der Waals surface area contributed by atoms with Gasteiger partial charge < -0.3 is 10.3 Å². The number of aromatic nitrogens is 1. The van der Waals surface area contributed by atoms with Crippen molar-refractivity contribution in [2.75, 3.05) is 0 Å². The molecule has 0 aliphatic rings. The van der Waals surface area contributed by atoms with E-state index in [0.717, 1.165) is 22.2 Å². The number of nitriles is 1. The Hall–Kier alpha value is -2.80. The maximum atomic E-state index is 11.2. The SMILES string of the molecule is C=CCn1c(C)c(/C=C(\C#N)C(N)=O)c2ccccc21. The molecule has 4 heteroatoms. The van der Waals surface area contributed by atoms with Crippen molar-refractivity contribution in [3.8, 4) is 6.07 Å². The molecule has 2 rings (SSSR count). The topological polar surface area (TPSA) is 71.8 Å². The van der Waals surface area contributed by atoms with Gasteiger partial charge in [0, 0.05) is 28.7 Å². The fourth-order valence-electron chi connectivity index (χ4n) is 2.31. The van der Waals surface area contributed by atoms with E-state index >= 15 is 0 Å². The fraction of sp³-hybridized carbons (Fsp3) is 0.125. The summed E-state index contributed by atoms with van der Waals surface area (Å²) in [6.07, 6.45) is 3.37. The van der Waals surface area contributed by atoms with Crippen LogP contribution in [0.25, 0.3) is 17.0 Å². The average molecular weight is 265 g/mol. The lowest BCUT2D eigenvalue weighted by Crippen LogP contribution is -2.12. The van der Waals surface area contributed by atoms with E-state index in [2.05, 4.69) is 11.1 Å². The van der Waals surface area contributed by atoms with Crippen molar-refractivity contribution in [3.63, 3.8) is 0 Å². The van der Waals surface area contributed by atoms with Crippen LogP contribution in [-0.4, -0.2) is 10.5 Å². The van der Waals surface area contributed by atoms with E-state index in [1.807, 2.05) is 43.3 Å². The Morgan fingerprint density at radius 1 is 1.50 bits per heavy atom. The molecule has 1 aromatic heterocycles. The molecule has 4 nitrogen and oxygen atoms in total. The van der Waals surface area contributed by atoms with Crippen LogP contribution in [0.15, 0.2) is 42.5 Å². The molecule has 0 atom stereocenters. The number of fused-ring (bicyclic) bond motifs is 1. The first-order chi connectivity index (χ1) is 9.60. The molecule has 0 aliphatic carbocycles. The van der Waals surface area contributed by atoms with Crippen molar-refractivity contribution in [1.29, 1.82) is 5.26 Å². The molecule has 1 amide bonds. The van der Waals surface area contributed by atoms with E-state index in [-0.39, 0.29) is 5.57 Å². The lowest BCUT2D eigenvalue weighted by atomic mass is 10.1. The summed E-state index contributed by atoms with van der Waals surface area (Å²) in [6, 6.07) is 9.68. The van der Waals surface area contributed by atoms with Gasteiger partial charge in [0.1, 0.15) is 11.6 Å². The van der Waals surface area contributed by atoms with Gasteiger partial charge in [-0.3, -0.25) is 4.79 Å². The summed E-state index contributed by atoms with van der Waals surface area (Å²) >= 11 is 0. The molecule has 1 aromatic carbocycles. The van der Waals surface area contributed by atoms with Gasteiger partial charge in [0.25, 0.3) is 5.91 Å². The summed E-state index contributed by atoms with van der Waals surface area (Å²) in [5.41, 5.74) is 8.01. The smallest absolute Gasteiger partial charge is 0.259 e. The normalized spacial score (nSPS) is 11.3. The Morgan fingerprint density at radius 2 is 2.20 bits per heavy atom. The van der Waals surface area contributed by atoms with Crippen LogP contribution in [-0.2, 0) is 11.3 Å². The monoisotopic (exact) mass is 265 g/mol. The van der Waals surface area contributed by atoms with Gasteiger partial charge in [-0.2, -0.15) is 5.26 Å². The second-order valence-electron chi connectivity index (χ2n) is 4.45. The van der Waals surface area contributed by atoms with Gasteiger partial charge in [-0.15, -0.1) is 6.58 Å². The van der Waals surface area contributed by atoms with Gasteiger partial charge in [-0.25, -0.2) is 0 Å². The Labute approximate surface area is 117 Å². The van der Waals surface area contributed by atoms with Gasteiger partial charge in [0.2, 0.25) is 0 Å². The van der Waals surface area contributed by atoms with E-state index in [0.29, 0.717) is 6.54 Å². The predicted molar refractivity (Wildman–Crippen MR) is 79.7 cm³/mol. The molecule has 0 saturated carbocycles. The number of benzene rings is 1. The third-order valence-electron chi connectivity index (χ3n) is 3.27. The zero-order chi connectivity index (χ0) is 14.7. The van der Waals surface area contributed by atoms with Gasteiger partial charge in [0.05, 0.1) is 0 Å². The van der Waals surface area contributed by atoms with Crippen LogP contribution in [0, 0.1) is 18.3 Å². The van der Waals surface area contributed by atoms with Gasteiger partial charge in [0.15, 0.2) is 0 Å². The quantitative estimate of drug-likeness (QED) is 0.524. The average Bonchev–Trinajstić information content (AvgIpc) is 2.70. The summed E-state index contributed by atoms with van der Waals surface area (Å²) in [6.45, 7) is 6.37. The number of amides is 1. The molecule has 0 bridgehead atoms. The fourth-order valence-corrected chi connectivity index (χ4v) is 2.31. The number of hydrogen-bond donors (Lipinski definition) is 1. The first-order valence-electron chi connectivity index (χ1n) is 6.20. The van der Waals surface area contributed by atoms with E-state index in [4.69, 9.17) is 11.0 Å². The zero-order valence-corrected chi connectivity index (χ0v) is 11.3. The van der Waals surface area contributed by atoms with Crippen LogP contribution < -0.4 is 5.73 Å². The molecule has 0 unspecified atom stereocenters. The van der Waals surface area contributed by atoms with Crippen molar-refractivity contribution in [1.82, 2.24) is 4.57 Å². The third-order valence-corrected chi connectivity index (χ3v) is 3.27. The molecule has 0 saturated heterocycles. The maximum absolute atomic E-state index is 11.2. The lowest BCUT2D eigenvalue weighted by Gasteiger charge is -2.04. The summed E-state index contributed by atoms with van der Waals surface area (Å²) in [5.74, 6) is -0.715. The van der Waals surface area contributed by atoms with Crippen molar-refractivity contribution < 1.29 is 4.79 Å². The van der Waals surface area contributed by atoms with Crippen molar-refractivity contribution in [2.45, 2.75) is 13.5 Å². The molecule has 100 valence electrons. The van der Waals surface area contributed by atoms with Crippen LogP contribution in [0.5, 0.6) is 0 Å². The number of carbonyl (C=O) groups excluding carboxylic acids is 1. The van der Waals surface area contributed by atoms with Gasteiger partial charge >= 0.3 is 0 Å². The summed E-state index contributed by atoms with van der Waals surface area (Å²) in [5, 5.41) is 9.98. The minimum Gasteiger partial charge on any atom is -0.365 e. The van der Waals surface area contributed by atoms with Gasteiger partial charge in [-0.1, -0.05) is 24.3 Å². The zero-order valence-electron chi connectivity index (χ0n) is 11.3. The van der Waals surface area contributed by atoms with Gasteiger partial charge in [-0.05, 0) is 19.1 Å². The summed E-state index contributed by atoms with van der Waals surface area (Å²) in [7, 11) is 0. The lowest BCUT2D eigenvalue weighted by molar-refractivity contribution is -0.114. The van der Waals surface area contributed by atoms with Crippen LogP contribution in [0.2, 0.25) is 0 Å². The summed E-state index contributed by atoms with van der Waals surface area (Å²) < 4.78 is 2.09. The van der Waals surface area contributed by atoms with Crippen molar-refractivity contribution in [2.24, 2.45) is 5.73 Å². The molecule has 2 N–H and O–H groups in total. The minimum atomic E-state index is -0.715. The number of nitrogens with two attached hydrogens (primary N) is 1. The van der Waals surface area contributed by atoms with E-state index < -0.39 is 5.91 Å². The predicted octanol–water partition coefficient (Wildman–Crippen LogP) is 2.53. The second-order valence-corrected chi connectivity index (χ2v) is 4.45. The number of hydrogen-bond acceptors (Lipinski definition) is 2. The number of primary amides is 1. The molecule has 0 spiro atoms. The van der Waals surface area contributed by atoms with Crippen molar-refractivity contribution >= 4 is 22.9 Å². The van der Waals surface area contributed by atoms with E-state index in [9.17, 15) is 4.79 Å². The number of allylic oxidation sites excluding steroid dienone is 1. The van der Waals surface area contributed by atoms with Crippen LogP contribution in [0.4, 0.5) is 0 Å². The third kappa shape index (κ3) is 2.21. The summed E-state index contributed by atoms with van der Waals surface area (Å²) in [4.78, 5) is 11.2. The highest BCUT2D eigenvalue weighted by atomic mass is 16.1. The number of para-hydroxylation sites is 1. The first-order valence-corrected chi connectivity index (χ1v) is 6.20. The molecule has 1 heterocycles. The Kier molecular flexibility index (Phi) is 3.72. The molecule has 20 heavy (non-hydrogen) atoms. The van der Waals surface area contributed by atoms with Crippen LogP contribution in [0.1, 0.15) is 11.3 Å². The van der Waals surface area contributed by atoms with Crippen molar-refractivity contribution in [3.05, 3.63) is 53.8 Å². The highest BCUT2D eigenvalue weighted by Gasteiger charge is 2.13. The number of carbonyl (C=O) groups is 1. The molecule has 0 fully saturated rings. The second kappa shape index (κ2) is 5.45. The largest absolute Gasteiger partial charge is 0.365 e. The highest BCUT2D eigenvalue weighted by molar-refractivity contribution is 6.03. The molecular formula is C16H15N3O. The molecular weight excluding hydrogens is 250 g/mol. The Morgan fingerprint density at radius 3 is 2.80 bits per heavy atom. The van der Waals surface area contributed by atoms with Crippen LogP contribution in [0.3, 0.4) is 0 Å². The molecule has 0 aliphatic heterocycles. The standard InChI is InChI=1S/C16H15N3O/c1-3-8-19-11(2)14(9-12(10-17)16(18)20)13-6-4-5-7-15(13)19/h3-7,9H,1,8H2,2H3,(H2,18,20)/b12-9+. The highest BCUT2D eigenvalue weighted by Crippen LogP contribution is 2.27. The minimum absolute atomic E-state index is 0.0467. The first kappa shape index (κ1) is 13.6. The Bertz CT molecular complexity index is 760. The maximum Gasteiger partial charge on any atom is 0.259 e. The molecule has 0 radical (unpaired) electrons. The van der Waals surface area contributed by atoms with Crippen LogP contribution >= 0.6 is 0 Å². The number of nitrogens with zero attached hydrogens (tertiary/aromatic N) is 2. The van der Waals surface area contributed by atoms with E-state index in [1.54, 1.807) is 6.08 Å². The Balaban J connectivity index is 2.77. The van der Waals surface area contributed by atoms with E-state index in [1.165, 1.54) is 0 Å².